The highest BCUT2D eigenvalue weighted by Crippen LogP contribution is 2.30. The molecule has 0 saturated carbocycles. The van der Waals surface area contributed by atoms with Crippen molar-refractivity contribution in [1.29, 1.82) is 0 Å². The summed E-state index contributed by atoms with van der Waals surface area (Å²) in [5.41, 5.74) is 13.4. The number of rotatable bonds is 3. The molecule has 1 aromatic heterocycles. The van der Waals surface area contributed by atoms with Crippen LogP contribution < -0.4 is 16.8 Å². The highest BCUT2D eigenvalue weighted by atomic mass is 16.1. The van der Waals surface area contributed by atoms with Crippen LogP contribution in [0.4, 0.5) is 0 Å². The summed E-state index contributed by atoms with van der Waals surface area (Å²) >= 11 is 0. The van der Waals surface area contributed by atoms with Gasteiger partial charge < -0.3 is 21.4 Å². The van der Waals surface area contributed by atoms with Gasteiger partial charge in [-0.25, -0.2) is 0 Å². The van der Waals surface area contributed by atoms with E-state index in [1.54, 1.807) is 6.07 Å². The Balaban J connectivity index is 1.88. The van der Waals surface area contributed by atoms with Crippen molar-refractivity contribution in [3.63, 3.8) is 0 Å². The molecule has 1 saturated heterocycles. The van der Waals surface area contributed by atoms with Gasteiger partial charge in [0, 0.05) is 40.0 Å². The van der Waals surface area contributed by atoms with Crippen LogP contribution in [0.25, 0.3) is 21.8 Å². The van der Waals surface area contributed by atoms with E-state index < -0.39 is 5.91 Å². The van der Waals surface area contributed by atoms with Crippen molar-refractivity contribution in [2.24, 2.45) is 16.5 Å². The van der Waals surface area contributed by atoms with Crippen LogP contribution >= 0.6 is 0 Å². The first kappa shape index (κ1) is 15.7. The molecule has 6 nitrogen and oxygen atoms in total. The van der Waals surface area contributed by atoms with Crippen LogP contribution in [0.15, 0.2) is 47.5 Å². The lowest BCUT2D eigenvalue weighted by Gasteiger charge is -2.14. The molecule has 1 aliphatic heterocycles. The summed E-state index contributed by atoms with van der Waals surface area (Å²) in [6.07, 6.45) is 2.37. The summed E-state index contributed by atoms with van der Waals surface area (Å²) in [7, 11) is 0. The van der Waals surface area contributed by atoms with Crippen LogP contribution in [0.5, 0.6) is 0 Å². The van der Waals surface area contributed by atoms with Crippen molar-refractivity contribution in [3.05, 3.63) is 48.0 Å². The maximum Gasteiger partial charge on any atom is 0.280 e. The number of aromatic nitrogens is 1. The minimum atomic E-state index is -0.419. The molecule has 2 heterocycles. The predicted molar refractivity (Wildman–Crippen MR) is 101 cm³/mol. The Morgan fingerprint density at radius 3 is 2.72 bits per heavy atom. The Labute approximate surface area is 145 Å². The van der Waals surface area contributed by atoms with E-state index in [2.05, 4.69) is 27.0 Å². The summed E-state index contributed by atoms with van der Waals surface area (Å²) in [4.78, 5) is 15.9. The van der Waals surface area contributed by atoms with Gasteiger partial charge in [-0.1, -0.05) is 24.3 Å². The van der Waals surface area contributed by atoms with Gasteiger partial charge in [-0.15, -0.1) is 0 Å². The van der Waals surface area contributed by atoms with Crippen LogP contribution in [0.3, 0.4) is 0 Å². The predicted octanol–water partition coefficient (Wildman–Crippen LogP) is 1.96. The number of benzene rings is 2. The Hall–Kier alpha value is -2.86. The van der Waals surface area contributed by atoms with Crippen molar-refractivity contribution >= 4 is 33.7 Å². The van der Waals surface area contributed by atoms with Crippen LogP contribution in [-0.4, -0.2) is 29.0 Å². The third-order valence-electron chi connectivity index (χ3n) is 4.82. The van der Waals surface area contributed by atoms with Crippen LogP contribution in [0, 0.1) is 0 Å². The van der Waals surface area contributed by atoms with E-state index in [1.165, 1.54) is 23.7 Å². The monoisotopic (exact) mass is 335 g/mol. The van der Waals surface area contributed by atoms with E-state index >= 15 is 0 Å². The lowest BCUT2D eigenvalue weighted by molar-refractivity contribution is 0.100. The first-order valence-electron chi connectivity index (χ1n) is 8.52. The molecular weight excluding hydrogens is 314 g/mol. The molecule has 1 amide bonds. The van der Waals surface area contributed by atoms with E-state index in [0.717, 1.165) is 24.0 Å². The Morgan fingerprint density at radius 2 is 1.96 bits per heavy atom. The van der Waals surface area contributed by atoms with E-state index in [-0.39, 0.29) is 5.96 Å². The lowest BCUT2D eigenvalue weighted by Crippen LogP contribution is -2.26. The number of fused-ring (bicyclic) bond motifs is 3. The van der Waals surface area contributed by atoms with Gasteiger partial charge >= 0.3 is 0 Å². The fourth-order valence-corrected chi connectivity index (χ4v) is 3.69. The van der Waals surface area contributed by atoms with Crippen molar-refractivity contribution in [1.82, 2.24) is 9.88 Å². The largest absolute Gasteiger partial charge is 0.370 e. The summed E-state index contributed by atoms with van der Waals surface area (Å²) < 4.78 is 2.29. The zero-order valence-corrected chi connectivity index (χ0v) is 13.9. The molecule has 4 rings (SSSR count). The number of nitrogens with one attached hydrogen (secondary N) is 1. The number of carbonyl (C=O) groups excluding carboxylic acids is 1. The van der Waals surface area contributed by atoms with Gasteiger partial charge in [0.15, 0.2) is 5.96 Å². The number of carbonyl (C=O) groups is 1. The van der Waals surface area contributed by atoms with E-state index in [9.17, 15) is 4.79 Å². The normalized spacial score (nSPS) is 17.2. The molecule has 0 unspecified atom stereocenters. The van der Waals surface area contributed by atoms with Crippen LogP contribution in [-0.2, 0) is 6.54 Å². The molecule has 0 bridgehead atoms. The highest BCUT2D eigenvalue weighted by Gasteiger charge is 2.19. The molecule has 5 N–H and O–H groups in total. The smallest absolute Gasteiger partial charge is 0.280 e. The number of nitrogens with two attached hydrogens (primary N) is 2. The number of nitrogens with zero attached hydrogens (tertiary/aromatic N) is 2. The maximum atomic E-state index is 12.2. The Kier molecular flexibility index (Phi) is 3.89. The average Bonchev–Trinajstić information content (AvgIpc) is 3.21. The topological polar surface area (TPSA) is 98.4 Å². The lowest BCUT2D eigenvalue weighted by atomic mass is 10.1. The van der Waals surface area contributed by atoms with Gasteiger partial charge in [-0.2, -0.15) is 4.99 Å². The van der Waals surface area contributed by atoms with Gasteiger partial charge in [0.25, 0.3) is 5.91 Å². The van der Waals surface area contributed by atoms with Gasteiger partial charge in [-0.05, 0) is 37.6 Å². The zero-order valence-electron chi connectivity index (χ0n) is 13.9. The fraction of sp³-hybridized carbons (Fsp3) is 0.263. The minimum absolute atomic E-state index is 0.221. The first-order valence-corrected chi connectivity index (χ1v) is 8.52. The van der Waals surface area contributed by atoms with E-state index in [0.29, 0.717) is 11.6 Å². The third-order valence-corrected chi connectivity index (χ3v) is 4.82. The molecule has 6 heteroatoms. The summed E-state index contributed by atoms with van der Waals surface area (Å²) in [6.45, 7) is 1.94. The molecule has 3 aromatic rings. The Morgan fingerprint density at radius 1 is 1.16 bits per heavy atom. The molecule has 0 aliphatic carbocycles. The standard InChI is InChI=1S/C19H21N5O/c20-19(21)23-18(25)12-7-8-15-14-5-1-2-6-16(14)24(17(15)10-12)11-13-4-3-9-22-13/h1-2,5-8,10,13,22H,3-4,9,11H2,(H4,20,21,23,25)/t13-/m0/s1. The molecule has 2 aromatic carbocycles. The van der Waals surface area contributed by atoms with Crippen LogP contribution in [0.2, 0.25) is 0 Å². The Bertz CT molecular complexity index is 978. The van der Waals surface area contributed by atoms with Crippen molar-refractivity contribution in [3.8, 4) is 0 Å². The molecule has 0 radical (unpaired) electrons. The van der Waals surface area contributed by atoms with Crippen LogP contribution in [0.1, 0.15) is 23.2 Å². The molecule has 128 valence electrons. The van der Waals surface area contributed by atoms with Gasteiger partial charge in [0.2, 0.25) is 0 Å². The zero-order chi connectivity index (χ0) is 17.4. The van der Waals surface area contributed by atoms with E-state index in [4.69, 9.17) is 11.5 Å². The molecule has 0 spiro atoms. The number of hydrogen-bond donors (Lipinski definition) is 3. The second-order valence-corrected chi connectivity index (χ2v) is 6.49. The second kappa shape index (κ2) is 6.22. The SMILES string of the molecule is NC(N)=NC(=O)c1ccc2c3ccccc3n(C[C@@H]3CCCN3)c2c1. The molecule has 1 fully saturated rings. The maximum absolute atomic E-state index is 12.2. The molecule has 25 heavy (non-hydrogen) atoms. The van der Waals surface area contributed by atoms with Gasteiger partial charge in [0.1, 0.15) is 0 Å². The van der Waals surface area contributed by atoms with Gasteiger partial charge in [-0.3, -0.25) is 4.79 Å². The van der Waals surface area contributed by atoms with Gasteiger partial charge in [0.05, 0.1) is 0 Å². The second-order valence-electron chi connectivity index (χ2n) is 6.49. The number of amides is 1. The minimum Gasteiger partial charge on any atom is -0.370 e. The number of para-hydroxylation sites is 1. The van der Waals surface area contributed by atoms with Crippen molar-refractivity contribution in [2.45, 2.75) is 25.4 Å². The summed E-state index contributed by atoms with van der Waals surface area (Å²) in [5.74, 6) is -0.640. The average molecular weight is 335 g/mol. The quantitative estimate of drug-likeness (QED) is 0.503. The molecule has 1 aliphatic rings. The third kappa shape index (κ3) is 2.85. The van der Waals surface area contributed by atoms with Crippen molar-refractivity contribution in [2.75, 3.05) is 6.54 Å². The summed E-state index contributed by atoms with van der Waals surface area (Å²) in [5, 5.41) is 5.87. The molecule has 1 atom stereocenters. The number of hydrogen-bond acceptors (Lipinski definition) is 2. The number of guanidine groups is 1. The fourth-order valence-electron chi connectivity index (χ4n) is 3.69. The first-order chi connectivity index (χ1) is 12.1. The molecular formula is C19H21N5O. The summed E-state index contributed by atoms with van der Waals surface area (Å²) in [6, 6.07) is 14.4. The van der Waals surface area contributed by atoms with Crippen molar-refractivity contribution < 1.29 is 4.79 Å². The van der Waals surface area contributed by atoms with E-state index in [1.807, 2.05) is 24.3 Å². The highest BCUT2D eigenvalue weighted by molar-refractivity contribution is 6.11. The number of aliphatic imine (C=N–C) groups is 1.